The van der Waals surface area contributed by atoms with E-state index in [1.807, 2.05) is 25.1 Å². The van der Waals surface area contributed by atoms with Crippen molar-refractivity contribution in [2.45, 2.75) is 70.6 Å². The van der Waals surface area contributed by atoms with E-state index < -0.39 is 23.4 Å². The van der Waals surface area contributed by atoms with Crippen LogP contribution < -0.4 is 4.74 Å². The predicted octanol–water partition coefficient (Wildman–Crippen LogP) is 9.30. The third-order valence-electron chi connectivity index (χ3n) is 7.71. The summed E-state index contributed by atoms with van der Waals surface area (Å²) in [6.45, 7) is 4.11. The van der Waals surface area contributed by atoms with Crippen LogP contribution >= 0.6 is 0 Å². The molecule has 2 nitrogen and oxygen atoms in total. The fourth-order valence-corrected chi connectivity index (χ4v) is 5.53. The molecule has 200 valence electrons. The molecule has 4 rings (SSSR count). The summed E-state index contributed by atoms with van der Waals surface area (Å²) in [5, 5.41) is 0. The number of carbonyl (C=O) groups is 1. The maximum absolute atomic E-state index is 14.9. The molecule has 0 aliphatic heterocycles. The molecule has 5 heteroatoms. The lowest BCUT2D eigenvalue weighted by Gasteiger charge is -2.30. The number of hydrogen-bond donors (Lipinski definition) is 0. The van der Waals surface area contributed by atoms with Gasteiger partial charge in [0.15, 0.2) is 0 Å². The van der Waals surface area contributed by atoms with E-state index in [4.69, 9.17) is 4.74 Å². The Bertz CT molecular complexity index is 1240. The summed E-state index contributed by atoms with van der Waals surface area (Å²) < 4.78 is 48.8. The Morgan fingerprint density at radius 3 is 2.26 bits per heavy atom. The molecule has 0 heterocycles. The predicted molar refractivity (Wildman–Crippen MR) is 145 cm³/mol. The maximum Gasteiger partial charge on any atom is 0.346 e. The number of rotatable bonds is 9. The molecule has 1 saturated carbocycles. The van der Waals surface area contributed by atoms with Crippen molar-refractivity contribution >= 4 is 5.97 Å². The number of benzene rings is 3. The largest absolute Gasteiger partial charge is 0.423 e. The van der Waals surface area contributed by atoms with Gasteiger partial charge in [0.25, 0.3) is 0 Å². The third-order valence-corrected chi connectivity index (χ3v) is 7.71. The van der Waals surface area contributed by atoms with Crippen molar-refractivity contribution in [3.8, 4) is 5.75 Å². The standard InChI is InChI=1S/C33H35F3O2/c1-3-4-6-11-28-31(35)20-27(21-32(28)36)38-33(37)29-17-16-26(19-30(29)34)25-14-12-23(13-15-25)18-22(2)24-9-7-5-8-10-24/h3-5,7-10,16-17,19-23,25H,6,11-15,18H2,1-2H3/b4-3+/t22-,23?,25?/m1/s1. The van der Waals surface area contributed by atoms with Gasteiger partial charge in [-0.2, -0.15) is 0 Å². The SMILES string of the molecule is C/C=C/CCc1c(F)cc(OC(=O)c2ccc(C3CCC(C[C@@H](C)c4ccccc4)CC3)cc2F)cc1F. The first-order valence-electron chi connectivity index (χ1n) is 13.5. The number of halogens is 3. The van der Waals surface area contributed by atoms with E-state index in [9.17, 15) is 18.0 Å². The molecule has 0 unspecified atom stereocenters. The molecule has 0 radical (unpaired) electrons. The Morgan fingerprint density at radius 2 is 1.63 bits per heavy atom. The van der Waals surface area contributed by atoms with Crippen molar-refractivity contribution in [3.63, 3.8) is 0 Å². The van der Waals surface area contributed by atoms with Gasteiger partial charge in [-0.1, -0.05) is 55.5 Å². The molecular weight excluding hydrogens is 485 g/mol. The van der Waals surface area contributed by atoms with Crippen molar-refractivity contribution in [2.24, 2.45) is 5.92 Å². The van der Waals surface area contributed by atoms with Crippen molar-refractivity contribution in [1.82, 2.24) is 0 Å². The second kappa shape index (κ2) is 12.9. The molecule has 0 spiro atoms. The van der Waals surface area contributed by atoms with E-state index in [1.54, 1.807) is 6.07 Å². The highest BCUT2D eigenvalue weighted by atomic mass is 19.1. The molecule has 38 heavy (non-hydrogen) atoms. The smallest absolute Gasteiger partial charge is 0.346 e. The monoisotopic (exact) mass is 520 g/mol. The minimum atomic E-state index is -0.979. The van der Waals surface area contributed by atoms with Crippen LogP contribution in [0.5, 0.6) is 5.75 Å². The zero-order valence-corrected chi connectivity index (χ0v) is 22.1. The van der Waals surface area contributed by atoms with Crippen LogP contribution in [0.4, 0.5) is 13.2 Å². The van der Waals surface area contributed by atoms with Gasteiger partial charge in [-0.15, -0.1) is 0 Å². The second-order valence-electron chi connectivity index (χ2n) is 10.4. The third kappa shape index (κ3) is 6.94. The van der Waals surface area contributed by atoms with E-state index in [2.05, 4.69) is 31.2 Å². The van der Waals surface area contributed by atoms with Gasteiger partial charge in [0.2, 0.25) is 0 Å². The summed E-state index contributed by atoms with van der Waals surface area (Å²) in [5.41, 5.74) is 1.92. The first-order valence-corrected chi connectivity index (χ1v) is 13.5. The summed E-state index contributed by atoms with van der Waals surface area (Å²) in [6, 6.07) is 17.1. The molecule has 3 aromatic rings. The van der Waals surface area contributed by atoms with E-state index >= 15 is 0 Å². The first-order chi connectivity index (χ1) is 18.4. The lowest BCUT2D eigenvalue weighted by Crippen LogP contribution is -2.16. The van der Waals surface area contributed by atoms with E-state index in [-0.39, 0.29) is 29.2 Å². The van der Waals surface area contributed by atoms with Crippen molar-refractivity contribution < 1.29 is 22.7 Å². The van der Waals surface area contributed by atoms with Crippen LogP contribution in [-0.2, 0) is 6.42 Å². The van der Waals surface area contributed by atoms with Gasteiger partial charge in [0.1, 0.15) is 23.2 Å². The van der Waals surface area contributed by atoms with E-state index in [0.717, 1.165) is 49.8 Å². The highest BCUT2D eigenvalue weighted by molar-refractivity contribution is 5.91. The molecule has 0 N–H and O–H groups in total. The number of hydrogen-bond acceptors (Lipinski definition) is 2. The lowest BCUT2D eigenvalue weighted by molar-refractivity contribution is 0.0729. The number of ether oxygens (including phenoxy) is 1. The van der Waals surface area contributed by atoms with Gasteiger partial charge < -0.3 is 4.74 Å². The molecule has 0 amide bonds. The van der Waals surface area contributed by atoms with E-state index in [0.29, 0.717) is 18.3 Å². The zero-order valence-electron chi connectivity index (χ0n) is 22.1. The highest BCUT2D eigenvalue weighted by Gasteiger charge is 2.25. The van der Waals surface area contributed by atoms with Gasteiger partial charge >= 0.3 is 5.97 Å². The highest BCUT2D eigenvalue weighted by Crippen LogP contribution is 2.40. The lowest BCUT2D eigenvalue weighted by atomic mass is 9.75. The van der Waals surface area contributed by atoms with Gasteiger partial charge in [-0.25, -0.2) is 18.0 Å². The van der Waals surface area contributed by atoms with Crippen LogP contribution in [0, 0.1) is 23.4 Å². The minimum Gasteiger partial charge on any atom is -0.423 e. The van der Waals surface area contributed by atoms with Gasteiger partial charge in [0, 0.05) is 17.7 Å². The van der Waals surface area contributed by atoms with Crippen molar-refractivity contribution in [1.29, 1.82) is 0 Å². The summed E-state index contributed by atoms with van der Waals surface area (Å²) in [6.07, 6.45) is 9.61. The van der Waals surface area contributed by atoms with Crippen LogP contribution in [0.1, 0.15) is 91.3 Å². The molecule has 0 saturated heterocycles. The topological polar surface area (TPSA) is 26.3 Å². The normalized spacial score (nSPS) is 18.4. The van der Waals surface area contributed by atoms with E-state index in [1.165, 1.54) is 17.7 Å². The molecule has 0 bridgehead atoms. The Morgan fingerprint density at radius 1 is 0.947 bits per heavy atom. The molecular formula is C33H35F3O2. The maximum atomic E-state index is 14.9. The van der Waals surface area contributed by atoms with Gasteiger partial charge in [0.05, 0.1) is 5.56 Å². The Balaban J connectivity index is 1.34. The average Bonchev–Trinajstić information content (AvgIpc) is 2.91. The van der Waals surface area contributed by atoms with Crippen molar-refractivity contribution in [3.05, 3.63) is 113 Å². The van der Waals surface area contributed by atoms with Crippen LogP contribution in [0.2, 0.25) is 0 Å². The molecule has 1 fully saturated rings. The quantitative estimate of drug-likeness (QED) is 0.160. The fraction of sp³-hybridized carbons (Fsp3) is 0.364. The van der Waals surface area contributed by atoms with Crippen LogP contribution in [0.3, 0.4) is 0 Å². The number of allylic oxidation sites excluding steroid dienone is 2. The number of carbonyl (C=O) groups excluding carboxylic acids is 1. The number of esters is 1. The first kappa shape index (κ1) is 27.7. The van der Waals surface area contributed by atoms with Crippen molar-refractivity contribution in [2.75, 3.05) is 0 Å². The van der Waals surface area contributed by atoms with Crippen LogP contribution in [0.15, 0.2) is 72.8 Å². The van der Waals surface area contributed by atoms with Crippen LogP contribution in [0.25, 0.3) is 0 Å². The summed E-state index contributed by atoms with van der Waals surface area (Å²) in [5.74, 6) is -2.12. The fourth-order valence-electron chi connectivity index (χ4n) is 5.53. The second-order valence-corrected chi connectivity index (χ2v) is 10.4. The zero-order chi connectivity index (χ0) is 27.1. The molecule has 1 aliphatic rings. The molecule has 1 atom stereocenters. The van der Waals surface area contributed by atoms with Crippen LogP contribution in [-0.4, -0.2) is 5.97 Å². The molecule has 1 aliphatic carbocycles. The Hall–Kier alpha value is -3.34. The van der Waals surface area contributed by atoms with Gasteiger partial charge in [-0.3, -0.25) is 0 Å². The Labute approximate surface area is 223 Å². The summed E-state index contributed by atoms with van der Waals surface area (Å²) >= 11 is 0. The minimum absolute atomic E-state index is 0.0670. The van der Waals surface area contributed by atoms with Gasteiger partial charge in [-0.05, 0) is 92.9 Å². The average molecular weight is 521 g/mol. The summed E-state index contributed by atoms with van der Waals surface area (Å²) in [7, 11) is 0. The summed E-state index contributed by atoms with van der Waals surface area (Å²) in [4.78, 5) is 12.6. The molecule has 0 aromatic heterocycles. The molecule has 3 aromatic carbocycles. The Kier molecular flexibility index (Phi) is 9.43.